The summed E-state index contributed by atoms with van der Waals surface area (Å²) in [5.41, 5.74) is -0.0676. The molecule has 2 amide bonds. The molecule has 1 aromatic carbocycles. The summed E-state index contributed by atoms with van der Waals surface area (Å²) in [4.78, 5) is 23.6. The molecule has 0 spiro atoms. The fraction of sp³-hybridized carbons (Fsp3) is 0.467. The number of halogens is 2. The van der Waals surface area contributed by atoms with E-state index in [0.29, 0.717) is 21.3 Å². The predicted octanol–water partition coefficient (Wildman–Crippen LogP) is 2.76. The number of rotatable bonds is 4. The molecule has 0 saturated heterocycles. The summed E-state index contributed by atoms with van der Waals surface area (Å²) in [6.07, 6.45) is 0. The van der Waals surface area contributed by atoms with E-state index >= 15 is 0 Å². The van der Waals surface area contributed by atoms with Crippen molar-refractivity contribution in [2.45, 2.75) is 33.3 Å². The number of hydrogen-bond donors (Lipinski definition) is 3. The molecule has 1 rings (SSSR count). The second kappa shape index (κ2) is 7.31. The summed E-state index contributed by atoms with van der Waals surface area (Å²) in [6, 6.07) is 3.02. The molecule has 22 heavy (non-hydrogen) atoms. The molecule has 122 valence electrons. The Hall–Kier alpha value is -1.30. The zero-order chi connectivity index (χ0) is 17.1. The van der Waals surface area contributed by atoms with E-state index in [0.717, 1.165) is 0 Å². The van der Waals surface area contributed by atoms with Crippen LogP contribution in [0.3, 0.4) is 0 Å². The van der Waals surface area contributed by atoms with Crippen LogP contribution in [-0.2, 0) is 9.59 Å². The van der Waals surface area contributed by atoms with Crippen LogP contribution in [0.1, 0.15) is 26.3 Å². The van der Waals surface area contributed by atoms with Gasteiger partial charge in [0.05, 0.1) is 5.60 Å². The Kier molecular flexibility index (Phi) is 6.23. The van der Waals surface area contributed by atoms with Crippen molar-refractivity contribution in [3.63, 3.8) is 0 Å². The van der Waals surface area contributed by atoms with Gasteiger partial charge in [-0.25, -0.2) is 0 Å². The summed E-state index contributed by atoms with van der Waals surface area (Å²) < 4.78 is 0. The highest BCUT2D eigenvalue weighted by Crippen LogP contribution is 2.28. The maximum absolute atomic E-state index is 11.8. The standard InChI is InChI=1S/C15H20Cl2N2O3/c1-8(2)15(4,22)7-18-13(20)14(21)19-10-5-11(16)9(3)12(17)6-10/h5-6,8,22H,7H2,1-4H3,(H,18,20)(H,19,21). The van der Waals surface area contributed by atoms with Crippen molar-refractivity contribution in [3.05, 3.63) is 27.7 Å². The number of hydrogen-bond acceptors (Lipinski definition) is 3. The SMILES string of the molecule is Cc1c(Cl)cc(NC(=O)C(=O)NCC(C)(O)C(C)C)cc1Cl. The van der Waals surface area contributed by atoms with Gasteiger partial charge in [0.15, 0.2) is 0 Å². The quantitative estimate of drug-likeness (QED) is 0.733. The minimum absolute atomic E-state index is 0.0215. The van der Waals surface area contributed by atoms with E-state index in [1.165, 1.54) is 12.1 Å². The Morgan fingerprint density at radius 3 is 2.18 bits per heavy atom. The molecular formula is C15H20Cl2N2O3. The minimum Gasteiger partial charge on any atom is -0.388 e. The van der Waals surface area contributed by atoms with E-state index in [4.69, 9.17) is 23.2 Å². The molecule has 0 aromatic heterocycles. The topological polar surface area (TPSA) is 78.4 Å². The molecule has 5 nitrogen and oxygen atoms in total. The largest absolute Gasteiger partial charge is 0.388 e. The lowest BCUT2D eigenvalue weighted by Gasteiger charge is -2.27. The summed E-state index contributed by atoms with van der Waals surface area (Å²) in [5.74, 6) is -1.75. The Balaban J connectivity index is 2.68. The molecule has 0 saturated carbocycles. The number of nitrogens with one attached hydrogen (secondary N) is 2. The van der Waals surface area contributed by atoms with Crippen LogP contribution in [0.4, 0.5) is 5.69 Å². The molecule has 7 heteroatoms. The van der Waals surface area contributed by atoms with E-state index in [1.54, 1.807) is 13.8 Å². The van der Waals surface area contributed by atoms with Gasteiger partial charge in [0.25, 0.3) is 0 Å². The predicted molar refractivity (Wildman–Crippen MR) is 88.3 cm³/mol. The maximum atomic E-state index is 11.8. The van der Waals surface area contributed by atoms with E-state index in [1.807, 2.05) is 13.8 Å². The van der Waals surface area contributed by atoms with Gasteiger partial charge >= 0.3 is 11.8 Å². The molecule has 0 fully saturated rings. The monoisotopic (exact) mass is 346 g/mol. The highest BCUT2D eigenvalue weighted by molar-refractivity contribution is 6.40. The summed E-state index contributed by atoms with van der Waals surface area (Å²) in [5, 5.41) is 15.6. The van der Waals surface area contributed by atoms with Crippen LogP contribution in [0, 0.1) is 12.8 Å². The van der Waals surface area contributed by atoms with Crippen LogP contribution < -0.4 is 10.6 Å². The first-order valence-electron chi connectivity index (χ1n) is 6.82. The first kappa shape index (κ1) is 18.7. The Labute approximate surface area is 140 Å². The number of amides is 2. The molecule has 0 aliphatic carbocycles. The van der Waals surface area contributed by atoms with Crippen molar-refractivity contribution < 1.29 is 14.7 Å². The minimum atomic E-state index is -1.09. The Morgan fingerprint density at radius 2 is 1.73 bits per heavy atom. The van der Waals surface area contributed by atoms with Gasteiger partial charge in [-0.15, -0.1) is 0 Å². The summed E-state index contributed by atoms with van der Waals surface area (Å²) in [6.45, 7) is 6.96. The number of aliphatic hydroxyl groups is 1. The normalized spacial score (nSPS) is 13.6. The Bertz CT molecular complexity index is 563. The van der Waals surface area contributed by atoms with Gasteiger partial charge in [0.2, 0.25) is 0 Å². The molecule has 0 aliphatic heterocycles. The van der Waals surface area contributed by atoms with Crippen LogP contribution in [0.25, 0.3) is 0 Å². The lowest BCUT2D eigenvalue weighted by molar-refractivity contribution is -0.137. The average Bonchev–Trinajstić information content (AvgIpc) is 2.41. The number of benzene rings is 1. The zero-order valence-corrected chi connectivity index (χ0v) is 14.5. The smallest absolute Gasteiger partial charge is 0.313 e. The first-order valence-corrected chi connectivity index (χ1v) is 7.57. The maximum Gasteiger partial charge on any atom is 0.313 e. The number of carbonyl (C=O) groups excluding carboxylic acids is 2. The van der Waals surface area contributed by atoms with Crippen molar-refractivity contribution in [3.8, 4) is 0 Å². The molecule has 3 N–H and O–H groups in total. The molecule has 0 heterocycles. The third-order valence-electron chi connectivity index (χ3n) is 3.60. The average molecular weight is 347 g/mol. The fourth-order valence-electron chi connectivity index (χ4n) is 1.45. The van der Waals surface area contributed by atoms with Crippen molar-refractivity contribution in [1.29, 1.82) is 0 Å². The molecule has 0 bridgehead atoms. The summed E-state index contributed by atoms with van der Waals surface area (Å²) in [7, 11) is 0. The van der Waals surface area contributed by atoms with Crippen molar-refractivity contribution in [1.82, 2.24) is 5.32 Å². The van der Waals surface area contributed by atoms with Crippen LogP contribution in [-0.4, -0.2) is 29.1 Å². The number of anilines is 1. The van der Waals surface area contributed by atoms with Crippen molar-refractivity contribution in [2.24, 2.45) is 5.92 Å². The third kappa shape index (κ3) is 4.87. The van der Waals surface area contributed by atoms with E-state index < -0.39 is 17.4 Å². The van der Waals surface area contributed by atoms with Crippen LogP contribution in [0.15, 0.2) is 12.1 Å². The van der Waals surface area contributed by atoms with Gasteiger partial charge in [-0.1, -0.05) is 37.0 Å². The van der Waals surface area contributed by atoms with Crippen molar-refractivity contribution >= 4 is 40.7 Å². The van der Waals surface area contributed by atoms with Gasteiger partial charge in [0, 0.05) is 22.3 Å². The van der Waals surface area contributed by atoms with E-state index in [2.05, 4.69) is 10.6 Å². The molecule has 0 radical (unpaired) electrons. The highest BCUT2D eigenvalue weighted by atomic mass is 35.5. The molecule has 1 aromatic rings. The summed E-state index contributed by atoms with van der Waals surface area (Å²) >= 11 is 11.9. The lowest BCUT2D eigenvalue weighted by atomic mass is 9.92. The molecular weight excluding hydrogens is 327 g/mol. The third-order valence-corrected chi connectivity index (χ3v) is 4.38. The van der Waals surface area contributed by atoms with Gasteiger partial charge < -0.3 is 15.7 Å². The second-order valence-electron chi connectivity index (χ2n) is 5.71. The molecule has 1 atom stereocenters. The van der Waals surface area contributed by atoms with Gasteiger partial charge in [-0.2, -0.15) is 0 Å². The van der Waals surface area contributed by atoms with Crippen LogP contribution in [0.2, 0.25) is 10.0 Å². The second-order valence-corrected chi connectivity index (χ2v) is 6.53. The molecule has 0 aliphatic rings. The van der Waals surface area contributed by atoms with Gasteiger partial charge in [0.1, 0.15) is 0 Å². The van der Waals surface area contributed by atoms with Crippen LogP contribution in [0.5, 0.6) is 0 Å². The molecule has 1 unspecified atom stereocenters. The lowest BCUT2D eigenvalue weighted by Crippen LogP contribution is -2.47. The highest BCUT2D eigenvalue weighted by Gasteiger charge is 2.26. The zero-order valence-electron chi connectivity index (χ0n) is 13.0. The first-order chi connectivity index (χ1) is 10.0. The van der Waals surface area contributed by atoms with Crippen molar-refractivity contribution in [2.75, 3.05) is 11.9 Å². The van der Waals surface area contributed by atoms with E-state index in [-0.39, 0.29) is 12.5 Å². The van der Waals surface area contributed by atoms with Crippen LogP contribution >= 0.6 is 23.2 Å². The number of carbonyl (C=O) groups is 2. The van der Waals surface area contributed by atoms with Gasteiger partial charge in [-0.3, -0.25) is 9.59 Å². The van der Waals surface area contributed by atoms with E-state index in [9.17, 15) is 14.7 Å². The van der Waals surface area contributed by atoms with Gasteiger partial charge in [-0.05, 0) is 37.5 Å². The Morgan fingerprint density at radius 1 is 1.23 bits per heavy atom. The fourth-order valence-corrected chi connectivity index (χ4v) is 1.94.